The highest BCUT2D eigenvalue weighted by Crippen LogP contribution is 2.44. The Labute approximate surface area is 193 Å². The van der Waals surface area contributed by atoms with Crippen molar-refractivity contribution in [1.82, 2.24) is 0 Å². The monoisotopic (exact) mass is 469 g/mol. The number of nitrogens with zero attached hydrogens (tertiary/aromatic N) is 1. The molecule has 4 rings (SSSR count). The number of benzene rings is 3. The van der Waals surface area contributed by atoms with Gasteiger partial charge in [-0.3, -0.25) is 14.5 Å². The van der Waals surface area contributed by atoms with Gasteiger partial charge in [-0.15, -0.1) is 0 Å². The van der Waals surface area contributed by atoms with Crippen molar-refractivity contribution in [2.45, 2.75) is 13.0 Å². The highest BCUT2D eigenvalue weighted by molar-refractivity contribution is 6.52. The first kappa shape index (κ1) is 22.5. The lowest BCUT2D eigenvalue weighted by Gasteiger charge is -2.25. The van der Waals surface area contributed by atoms with Gasteiger partial charge in [0.25, 0.3) is 11.7 Å². The van der Waals surface area contributed by atoms with Crippen molar-refractivity contribution in [3.8, 4) is 5.75 Å². The van der Waals surface area contributed by atoms with Crippen LogP contribution >= 0.6 is 11.6 Å². The number of anilines is 1. The van der Waals surface area contributed by atoms with Crippen LogP contribution in [0.1, 0.15) is 24.1 Å². The summed E-state index contributed by atoms with van der Waals surface area (Å²) in [6.45, 7) is 2.13. The minimum absolute atomic E-state index is 0.0142. The Hall–Kier alpha value is -3.71. The predicted molar refractivity (Wildman–Crippen MR) is 120 cm³/mol. The van der Waals surface area contributed by atoms with Gasteiger partial charge in [0.05, 0.1) is 23.2 Å². The summed E-state index contributed by atoms with van der Waals surface area (Å²) < 4.78 is 33.8. The normalized spacial score (nSPS) is 17.5. The molecule has 1 atom stereocenters. The second-order valence-corrected chi connectivity index (χ2v) is 7.65. The molecule has 1 unspecified atom stereocenters. The first-order valence-corrected chi connectivity index (χ1v) is 10.4. The number of carbonyl (C=O) groups is 2. The Balaban J connectivity index is 1.97. The van der Waals surface area contributed by atoms with Crippen LogP contribution in [0.3, 0.4) is 0 Å². The Morgan fingerprint density at radius 1 is 1.06 bits per heavy atom. The first-order valence-electron chi connectivity index (χ1n) is 10.1. The minimum Gasteiger partial charge on any atom is -0.507 e. The number of carbonyl (C=O) groups excluding carboxylic acids is 2. The smallest absolute Gasteiger partial charge is 0.300 e. The van der Waals surface area contributed by atoms with Crippen LogP contribution in [0.4, 0.5) is 14.5 Å². The van der Waals surface area contributed by atoms with Crippen LogP contribution < -0.4 is 9.64 Å². The second kappa shape index (κ2) is 9.03. The molecule has 0 aromatic heterocycles. The van der Waals surface area contributed by atoms with Gasteiger partial charge >= 0.3 is 0 Å². The molecule has 3 aromatic rings. The topological polar surface area (TPSA) is 66.8 Å². The Morgan fingerprint density at radius 3 is 2.42 bits per heavy atom. The molecule has 0 spiro atoms. The molecule has 8 heteroatoms. The largest absolute Gasteiger partial charge is 0.507 e. The van der Waals surface area contributed by atoms with E-state index in [1.54, 1.807) is 19.1 Å². The Morgan fingerprint density at radius 2 is 1.76 bits per heavy atom. The first-order chi connectivity index (χ1) is 15.8. The molecule has 1 fully saturated rings. The second-order valence-electron chi connectivity index (χ2n) is 7.24. The molecule has 1 amide bonds. The van der Waals surface area contributed by atoms with Crippen molar-refractivity contribution in [1.29, 1.82) is 0 Å². The molecule has 1 saturated heterocycles. The molecule has 3 aromatic carbocycles. The van der Waals surface area contributed by atoms with Crippen LogP contribution in [-0.2, 0) is 9.59 Å². The van der Waals surface area contributed by atoms with E-state index in [0.29, 0.717) is 12.4 Å². The Kier molecular flexibility index (Phi) is 6.16. The summed E-state index contributed by atoms with van der Waals surface area (Å²) in [5, 5.41) is 11.3. The van der Waals surface area contributed by atoms with E-state index < -0.39 is 35.1 Å². The zero-order valence-corrected chi connectivity index (χ0v) is 18.1. The summed E-state index contributed by atoms with van der Waals surface area (Å²) in [6.07, 6.45) is 0. The van der Waals surface area contributed by atoms with Crippen molar-refractivity contribution in [3.63, 3.8) is 0 Å². The average molecular weight is 470 g/mol. The fourth-order valence-electron chi connectivity index (χ4n) is 3.78. The zero-order chi connectivity index (χ0) is 23.7. The highest BCUT2D eigenvalue weighted by Gasteiger charge is 2.48. The van der Waals surface area contributed by atoms with Gasteiger partial charge in [-0.1, -0.05) is 29.8 Å². The van der Waals surface area contributed by atoms with Crippen LogP contribution in [0, 0.1) is 11.6 Å². The van der Waals surface area contributed by atoms with Gasteiger partial charge in [0.15, 0.2) is 0 Å². The maximum Gasteiger partial charge on any atom is 0.300 e. The van der Waals surface area contributed by atoms with Crippen LogP contribution in [0.5, 0.6) is 5.75 Å². The molecule has 5 nitrogen and oxygen atoms in total. The van der Waals surface area contributed by atoms with E-state index in [1.807, 2.05) is 0 Å². The van der Waals surface area contributed by atoms with E-state index >= 15 is 0 Å². The van der Waals surface area contributed by atoms with Crippen LogP contribution in [0.25, 0.3) is 5.76 Å². The van der Waals surface area contributed by atoms with Crippen LogP contribution in [-0.4, -0.2) is 23.4 Å². The molecule has 1 heterocycles. The number of hydrogen-bond acceptors (Lipinski definition) is 4. The van der Waals surface area contributed by atoms with E-state index in [4.69, 9.17) is 16.3 Å². The number of ether oxygens (including phenoxy) is 1. The van der Waals surface area contributed by atoms with Gasteiger partial charge in [-0.2, -0.15) is 0 Å². The molecular weight excluding hydrogens is 452 g/mol. The van der Waals surface area contributed by atoms with Crippen molar-refractivity contribution >= 4 is 34.7 Å². The molecule has 0 saturated carbocycles. The maximum atomic E-state index is 14.9. The third-order valence-electron chi connectivity index (χ3n) is 5.25. The fourth-order valence-corrected chi connectivity index (χ4v) is 3.99. The summed E-state index contributed by atoms with van der Waals surface area (Å²) in [7, 11) is 0. The van der Waals surface area contributed by atoms with E-state index in [2.05, 4.69) is 0 Å². The summed E-state index contributed by atoms with van der Waals surface area (Å²) in [5.74, 6) is -3.43. The summed E-state index contributed by atoms with van der Waals surface area (Å²) in [5.41, 5.74) is -0.134. The predicted octanol–water partition coefficient (Wildman–Crippen LogP) is 5.64. The van der Waals surface area contributed by atoms with Crippen LogP contribution in [0.2, 0.25) is 5.02 Å². The molecule has 1 aliphatic rings. The van der Waals surface area contributed by atoms with Crippen molar-refractivity contribution in [2.24, 2.45) is 0 Å². The van der Waals surface area contributed by atoms with E-state index in [0.717, 1.165) is 17.0 Å². The number of hydrogen-bond donors (Lipinski definition) is 1. The third-order valence-corrected chi connectivity index (χ3v) is 5.58. The zero-order valence-electron chi connectivity index (χ0n) is 17.4. The quantitative estimate of drug-likeness (QED) is 0.298. The lowest BCUT2D eigenvalue weighted by Crippen LogP contribution is -2.29. The number of ketones is 1. The van der Waals surface area contributed by atoms with E-state index in [9.17, 15) is 23.5 Å². The molecular formula is C25H18ClF2NO4. The van der Waals surface area contributed by atoms with Gasteiger partial charge in [0.1, 0.15) is 23.1 Å². The molecule has 33 heavy (non-hydrogen) atoms. The molecule has 0 bridgehead atoms. The fraction of sp³-hybridized carbons (Fsp3) is 0.120. The van der Waals surface area contributed by atoms with E-state index in [-0.39, 0.29) is 27.4 Å². The summed E-state index contributed by atoms with van der Waals surface area (Å²) >= 11 is 6.27. The SMILES string of the molecule is CCOc1ccc(Cl)c(/C(O)=C2\C(=O)C(=O)N(c3ccc(F)cc3)C2c2ccccc2F)c1. The van der Waals surface area contributed by atoms with Gasteiger partial charge in [0, 0.05) is 16.8 Å². The average Bonchev–Trinajstić information content (AvgIpc) is 3.06. The van der Waals surface area contributed by atoms with Crippen molar-refractivity contribution < 1.29 is 28.2 Å². The lowest BCUT2D eigenvalue weighted by molar-refractivity contribution is -0.132. The number of Topliss-reactive ketones (excluding diaryl/α,β-unsaturated/α-hetero) is 1. The number of halogens is 3. The minimum atomic E-state index is -1.30. The third kappa shape index (κ3) is 4.07. The Bertz CT molecular complexity index is 1270. The number of rotatable bonds is 5. The number of aliphatic hydroxyl groups is 1. The summed E-state index contributed by atoms with van der Waals surface area (Å²) in [6, 6.07) is 13.7. The molecule has 0 radical (unpaired) electrons. The number of amides is 1. The highest BCUT2D eigenvalue weighted by atomic mass is 35.5. The van der Waals surface area contributed by atoms with Gasteiger partial charge in [0.2, 0.25) is 0 Å². The van der Waals surface area contributed by atoms with Crippen LogP contribution in [0.15, 0.2) is 72.3 Å². The van der Waals surface area contributed by atoms with Gasteiger partial charge in [-0.25, -0.2) is 8.78 Å². The lowest BCUT2D eigenvalue weighted by atomic mass is 9.94. The number of aliphatic hydroxyl groups excluding tert-OH is 1. The molecule has 1 aliphatic heterocycles. The van der Waals surface area contributed by atoms with Gasteiger partial charge in [-0.05, 0) is 55.5 Å². The molecule has 0 aliphatic carbocycles. The summed E-state index contributed by atoms with van der Waals surface area (Å²) in [4.78, 5) is 27.2. The van der Waals surface area contributed by atoms with Gasteiger partial charge < -0.3 is 9.84 Å². The van der Waals surface area contributed by atoms with Crippen molar-refractivity contribution in [3.05, 3.63) is 100 Å². The molecule has 168 valence electrons. The maximum absolute atomic E-state index is 14.9. The van der Waals surface area contributed by atoms with E-state index in [1.165, 1.54) is 42.5 Å². The molecule has 1 N–H and O–H groups in total. The standard InChI is InChI=1S/C25H18ClF2NO4/c1-2-33-16-11-12-19(26)18(13-16)23(30)21-22(17-5-3-4-6-20(17)28)29(25(32)24(21)31)15-9-7-14(27)8-10-15/h3-13,22,30H,2H2,1H3/b23-21+. The van der Waals surface area contributed by atoms with Crippen molar-refractivity contribution in [2.75, 3.05) is 11.5 Å².